The third-order valence-corrected chi connectivity index (χ3v) is 6.49. The summed E-state index contributed by atoms with van der Waals surface area (Å²) in [5, 5.41) is 2.83. The predicted molar refractivity (Wildman–Crippen MR) is 81.9 cm³/mol. The normalized spacial score (nSPS) is 26.7. The highest BCUT2D eigenvalue weighted by Gasteiger charge is 2.40. The minimum atomic E-state index is -3.08. The summed E-state index contributed by atoms with van der Waals surface area (Å²) >= 11 is 0. The van der Waals surface area contributed by atoms with Crippen LogP contribution < -0.4 is 5.32 Å². The zero-order valence-corrected chi connectivity index (χ0v) is 13.6. The third kappa shape index (κ3) is 2.58. The number of rotatable bonds is 2. The predicted octanol–water partition coefficient (Wildman–Crippen LogP) is 1.15. The van der Waals surface area contributed by atoms with Gasteiger partial charge in [-0.25, -0.2) is 8.42 Å². The first-order valence-corrected chi connectivity index (χ1v) is 9.30. The molecule has 0 radical (unpaired) electrons. The minimum Gasteiger partial charge on any atom is -0.354 e. The molecule has 7 heteroatoms. The Kier molecular flexibility index (Phi) is 3.43. The lowest BCUT2D eigenvalue weighted by atomic mass is 9.93. The van der Waals surface area contributed by atoms with Crippen molar-refractivity contribution >= 4 is 21.5 Å². The Morgan fingerprint density at radius 1 is 1.32 bits per heavy atom. The maximum absolute atomic E-state index is 12.5. The highest BCUT2D eigenvalue weighted by atomic mass is 32.2. The number of fused-ring (bicyclic) bond motifs is 1. The molecule has 1 saturated heterocycles. The molecule has 3 rings (SSSR count). The Labute approximate surface area is 129 Å². The second-order valence-electron chi connectivity index (χ2n) is 6.61. The van der Waals surface area contributed by atoms with Gasteiger partial charge in [-0.15, -0.1) is 0 Å². The van der Waals surface area contributed by atoms with E-state index in [0.717, 1.165) is 18.5 Å². The number of aryl methyl sites for hydroxylation is 1. The molecule has 1 fully saturated rings. The van der Waals surface area contributed by atoms with Gasteiger partial charge < -0.3 is 10.3 Å². The van der Waals surface area contributed by atoms with E-state index in [9.17, 15) is 18.0 Å². The molecule has 2 heterocycles. The summed E-state index contributed by atoms with van der Waals surface area (Å²) in [7, 11) is -3.08. The number of aromatic amines is 1. The molecule has 0 unspecified atom stereocenters. The van der Waals surface area contributed by atoms with Crippen molar-refractivity contribution < 1.29 is 18.0 Å². The molecule has 1 aliphatic heterocycles. The van der Waals surface area contributed by atoms with Crippen LogP contribution in [0.5, 0.6) is 0 Å². The first kappa shape index (κ1) is 15.3. The van der Waals surface area contributed by atoms with E-state index >= 15 is 0 Å². The molecule has 22 heavy (non-hydrogen) atoms. The van der Waals surface area contributed by atoms with E-state index < -0.39 is 15.4 Å². The van der Waals surface area contributed by atoms with Crippen molar-refractivity contribution in [2.24, 2.45) is 0 Å². The van der Waals surface area contributed by atoms with Crippen molar-refractivity contribution in [1.82, 2.24) is 10.3 Å². The summed E-state index contributed by atoms with van der Waals surface area (Å²) in [5.41, 5.74) is 1.77. The van der Waals surface area contributed by atoms with Gasteiger partial charge in [-0.2, -0.15) is 0 Å². The fourth-order valence-electron chi connectivity index (χ4n) is 3.45. The van der Waals surface area contributed by atoms with Crippen molar-refractivity contribution in [2.45, 2.75) is 45.1 Å². The molecule has 1 aliphatic carbocycles. The topological polar surface area (TPSA) is 96.1 Å². The van der Waals surface area contributed by atoms with Crippen LogP contribution in [0.2, 0.25) is 0 Å². The third-order valence-electron chi connectivity index (χ3n) is 4.58. The number of aromatic nitrogens is 1. The molecule has 0 saturated carbocycles. The van der Waals surface area contributed by atoms with Crippen molar-refractivity contribution in [1.29, 1.82) is 0 Å². The maximum atomic E-state index is 12.5. The van der Waals surface area contributed by atoms with Gasteiger partial charge >= 0.3 is 0 Å². The van der Waals surface area contributed by atoms with Crippen LogP contribution >= 0.6 is 0 Å². The Hall–Kier alpha value is -1.63. The lowest BCUT2D eigenvalue weighted by Gasteiger charge is -2.23. The fraction of sp³-hybridized carbons (Fsp3) is 0.600. The highest BCUT2D eigenvalue weighted by Crippen LogP contribution is 2.28. The van der Waals surface area contributed by atoms with E-state index in [1.54, 1.807) is 13.8 Å². The lowest BCUT2D eigenvalue weighted by Crippen LogP contribution is -2.47. The molecule has 1 amide bonds. The number of ketones is 1. The van der Waals surface area contributed by atoms with Crippen LogP contribution in [0.15, 0.2) is 0 Å². The van der Waals surface area contributed by atoms with Gasteiger partial charge in [0.05, 0.1) is 17.0 Å². The highest BCUT2D eigenvalue weighted by molar-refractivity contribution is 7.91. The first-order chi connectivity index (χ1) is 10.2. The molecule has 1 aromatic heterocycles. The molecule has 0 spiro atoms. The monoisotopic (exact) mass is 324 g/mol. The zero-order chi connectivity index (χ0) is 16.1. The van der Waals surface area contributed by atoms with Gasteiger partial charge in [0.1, 0.15) is 5.69 Å². The fourth-order valence-corrected chi connectivity index (χ4v) is 5.54. The van der Waals surface area contributed by atoms with Crippen LogP contribution in [-0.2, 0) is 16.3 Å². The molecule has 120 valence electrons. The van der Waals surface area contributed by atoms with Gasteiger partial charge in [-0.3, -0.25) is 9.59 Å². The number of carbonyl (C=O) groups is 2. The standard InChI is InChI=1S/C15H20N2O4S/c1-9-12-10(4-3-5-11(12)18)16-13(9)14(19)17-15(2)6-7-22(20,21)8-15/h16H,3-8H2,1-2H3,(H,17,19)/t15-/m1/s1. The first-order valence-electron chi connectivity index (χ1n) is 7.48. The van der Waals surface area contributed by atoms with E-state index in [0.29, 0.717) is 29.7 Å². The Balaban J connectivity index is 1.86. The second-order valence-corrected chi connectivity index (χ2v) is 8.80. The Morgan fingerprint density at radius 2 is 2.05 bits per heavy atom. The van der Waals surface area contributed by atoms with Crippen LogP contribution in [0.4, 0.5) is 0 Å². The van der Waals surface area contributed by atoms with Crippen molar-refractivity contribution in [3.63, 3.8) is 0 Å². The summed E-state index contributed by atoms with van der Waals surface area (Å²) in [6.45, 7) is 3.51. The smallest absolute Gasteiger partial charge is 0.268 e. The van der Waals surface area contributed by atoms with E-state index in [1.165, 1.54) is 0 Å². The Morgan fingerprint density at radius 3 is 2.64 bits per heavy atom. The molecule has 6 nitrogen and oxygen atoms in total. The van der Waals surface area contributed by atoms with Gasteiger partial charge in [0.2, 0.25) is 0 Å². The number of sulfone groups is 1. The average Bonchev–Trinajstić information content (AvgIpc) is 2.88. The molecule has 0 aromatic carbocycles. The summed E-state index contributed by atoms with van der Waals surface area (Å²) in [6.07, 6.45) is 2.49. The molecular weight excluding hydrogens is 304 g/mol. The SMILES string of the molecule is Cc1c(C(=O)N[C@]2(C)CCS(=O)(=O)C2)[nH]c2c1C(=O)CCC2. The Bertz CT molecular complexity index is 763. The van der Waals surface area contributed by atoms with Crippen LogP contribution in [0.1, 0.15) is 58.3 Å². The number of Topliss-reactive ketones (excluding diaryl/α,β-unsaturated/α-hetero) is 1. The van der Waals surface area contributed by atoms with Gasteiger partial charge in [-0.1, -0.05) is 0 Å². The van der Waals surface area contributed by atoms with E-state index in [1.807, 2.05) is 0 Å². The lowest BCUT2D eigenvalue weighted by molar-refractivity contribution is 0.0909. The van der Waals surface area contributed by atoms with Crippen molar-refractivity contribution in [2.75, 3.05) is 11.5 Å². The van der Waals surface area contributed by atoms with Crippen molar-refractivity contribution in [3.8, 4) is 0 Å². The molecule has 0 bridgehead atoms. The number of nitrogens with one attached hydrogen (secondary N) is 2. The number of amides is 1. The average molecular weight is 324 g/mol. The number of hydrogen-bond donors (Lipinski definition) is 2. The van der Waals surface area contributed by atoms with E-state index in [-0.39, 0.29) is 23.2 Å². The minimum absolute atomic E-state index is 0.0376. The van der Waals surface area contributed by atoms with Crippen molar-refractivity contribution in [3.05, 3.63) is 22.5 Å². The number of H-pyrrole nitrogens is 1. The van der Waals surface area contributed by atoms with Gasteiger partial charge in [0.15, 0.2) is 15.6 Å². The van der Waals surface area contributed by atoms with Crippen LogP contribution in [-0.4, -0.2) is 42.1 Å². The van der Waals surface area contributed by atoms with E-state index in [4.69, 9.17) is 0 Å². The summed E-state index contributed by atoms with van der Waals surface area (Å²) in [5.74, 6) is -0.199. The molecule has 1 aromatic rings. The second kappa shape index (κ2) is 4.94. The molecule has 2 N–H and O–H groups in total. The number of hydrogen-bond acceptors (Lipinski definition) is 4. The van der Waals surface area contributed by atoms with Gasteiger partial charge in [-0.05, 0) is 38.7 Å². The van der Waals surface area contributed by atoms with E-state index in [2.05, 4.69) is 10.3 Å². The molecular formula is C15H20N2O4S. The summed E-state index contributed by atoms with van der Waals surface area (Å²) in [4.78, 5) is 27.6. The van der Waals surface area contributed by atoms with Gasteiger partial charge in [0.25, 0.3) is 5.91 Å². The van der Waals surface area contributed by atoms with Crippen LogP contribution in [0.25, 0.3) is 0 Å². The molecule has 2 aliphatic rings. The molecule has 1 atom stereocenters. The summed E-state index contributed by atoms with van der Waals surface area (Å²) < 4.78 is 23.3. The zero-order valence-electron chi connectivity index (χ0n) is 12.8. The number of carbonyl (C=O) groups excluding carboxylic acids is 2. The maximum Gasteiger partial charge on any atom is 0.268 e. The summed E-state index contributed by atoms with van der Waals surface area (Å²) in [6, 6.07) is 0. The largest absolute Gasteiger partial charge is 0.354 e. The van der Waals surface area contributed by atoms with Crippen LogP contribution in [0.3, 0.4) is 0 Å². The quantitative estimate of drug-likeness (QED) is 0.853. The van der Waals surface area contributed by atoms with Crippen LogP contribution in [0, 0.1) is 6.92 Å². The van der Waals surface area contributed by atoms with Gasteiger partial charge in [0, 0.05) is 17.7 Å².